The normalized spacial score (nSPS) is 14.0. The zero-order valence-corrected chi connectivity index (χ0v) is 17.3. The van der Waals surface area contributed by atoms with E-state index < -0.39 is 0 Å². The molecule has 0 aliphatic carbocycles. The largest absolute Gasteiger partial charge is 0.459 e. The summed E-state index contributed by atoms with van der Waals surface area (Å²) in [6.07, 6.45) is 4.96. The Morgan fingerprint density at radius 1 is 1.37 bits per heavy atom. The number of nitrogens with zero attached hydrogens (tertiary/aromatic N) is 3. The Balaban J connectivity index is 1.46. The molecule has 0 spiro atoms. The van der Waals surface area contributed by atoms with Crippen molar-refractivity contribution in [3.63, 3.8) is 0 Å². The third-order valence-electron chi connectivity index (χ3n) is 5.35. The van der Waals surface area contributed by atoms with Crippen molar-refractivity contribution in [1.29, 1.82) is 0 Å². The van der Waals surface area contributed by atoms with E-state index in [4.69, 9.17) is 4.42 Å². The first-order valence-corrected chi connectivity index (χ1v) is 9.79. The fraction of sp³-hybridized carbons (Fsp3) is 0.261. The van der Waals surface area contributed by atoms with Crippen LogP contribution < -0.4 is 5.32 Å². The number of pyridine rings is 1. The highest BCUT2D eigenvalue weighted by Crippen LogP contribution is 2.26. The van der Waals surface area contributed by atoms with Gasteiger partial charge in [-0.25, -0.2) is 4.98 Å². The molecule has 4 rings (SSSR count). The lowest BCUT2D eigenvalue weighted by molar-refractivity contribution is -0.128. The number of rotatable bonds is 4. The van der Waals surface area contributed by atoms with Crippen LogP contribution in [0.5, 0.6) is 0 Å². The van der Waals surface area contributed by atoms with E-state index in [1.165, 1.54) is 6.08 Å². The standard InChI is InChI=1S/C23H24N4O3/c1-15-18-6-4-5-7-19(18)30-20(15)14-27(3)21(28)9-8-16-10-17-13-26(2)22(29)12-25-23(17)24-11-16/h4-11H,12-14H2,1-3H3,(H,24,25)/b9-8+. The summed E-state index contributed by atoms with van der Waals surface area (Å²) in [6, 6.07) is 9.80. The second kappa shape index (κ2) is 8.02. The fourth-order valence-corrected chi connectivity index (χ4v) is 3.50. The molecule has 7 nitrogen and oxygen atoms in total. The number of carbonyl (C=O) groups is 2. The average Bonchev–Trinajstić information content (AvgIpc) is 2.98. The van der Waals surface area contributed by atoms with E-state index in [9.17, 15) is 9.59 Å². The molecule has 0 unspecified atom stereocenters. The monoisotopic (exact) mass is 404 g/mol. The zero-order chi connectivity index (χ0) is 21.3. The van der Waals surface area contributed by atoms with Crippen molar-refractivity contribution >= 4 is 34.7 Å². The van der Waals surface area contributed by atoms with Gasteiger partial charge in [-0.1, -0.05) is 18.2 Å². The molecule has 0 bridgehead atoms. The van der Waals surface area contributed by atoms with Gasteiger partial charge in [-0.05, 0) is 30.7 Å². The number of para-hydroxylation sites is 1. The van der Waals surface area contributed by atoms with Gasteiger partial charge in [0.1, 0.15) is 17.2 Å². The Labute approximate surface area is 175 Å². The van der Waals surface area contributed by atoms with Crippen molar-refractivity contribution in [3.05, 3.63) is 65.1 Å². The Kier molecular flexibility index (Phi) is 5.27. The minimum Gasteiger partial charge on any atom is -0.459 e. The molecule has 1 aliphatic heterocycles. The topological polar surface area (TPSA) is 78.7 Å². The molecule has 2 aromatic heterocycles. The quantitative estimate of drug-likeness (QED) is 0.676. The minimum atomic E-state index is -0.129. The molecule has 154 valence electrons. The predicted molar refractivity (Wildman–Crippen MR) is 116 cm³/mol. The van der Waals surface area contributed by atoms with Crippen molar-refractivity contribution in [2.24, 2.45) is 0 Å². The smallest absolute Gasteiger partial charge is 0.246 e. The predicted octanol–water partition coefficient (Wildman–Crippen LogP) is 3.19. The van der Waals surface area contributed by atoms with Gasteiger partial charge >= 0.3 is 0 Å². The maximum Gasteiger partial charge on any atom is 0.246 e. The molecule has 7 heteroatoms. The van der Waals surface area contributed by atoms with E-state index in [2.05, 4.69) is 10.3 Å². The maximum absolute atomic E-state index is 12.6. The first-order valence-electron chi connectivity index (χ1n) is 9.79. The van der Waals surface area contributed by atoms with Crippen LogP contribution in [0.25, 0.3) is 17.0 Å². The second-order valence-corrected chi connectivity index (χ2v) is 7.55. The van der Waals surface area contributed by atoms with Gasteiger partial charge < -0.3 is 19.5 Å². The van der Waals surface area contributed by atoms with E-state index in [1.54, 1.807) is 36.2 Å². The van der Waals surface area contributed by atoms with E-state index in [1.807, 2.05) is 37.3 Å². The maximum atomic E-state index is 12.6. The van der Waals surface area contributed by atoms with Crippen LogP contribution in [0.1, 0.15) is 22.5 Å². The van der Waals surface area contributed by atoms with Crippen LogP contribution in [0, 0.1) is 6.92 Å². The SMILES string of the molecule is Cc1c(CN(C)C(=O)/C=C/c2cnc3c(c2)CN(C)C(=O)CN3)oc2ccccc12. The highest BCUT2D eigenvalue weighted by molar-refractivity contribution is 5.92. The van der Waals surface area contributed by atoms with Gasteiger partial charge in [-0.2, -0.15) is 0 Å². The summed E-state index contributed by atoms with van der Waals surface area (Å²) < 4.78 is 5.91. The van der Waals surface area contributed by atoms with Crippen molar-refractivity contribution in [3.8, 4) is 0 Å². The summed E-state index contributed by atoms with van der Waals surface area (Å²) in [4.78, 5) is 32.1. The van der Waals surface area contributed by atoms with Crippen LogP contribution in [0.4, 0.5) is 5.82 Å². The van der Waals surface area contributed by atoms with Gasteiger partial charge in [-0.15, -0.1) is 0 Å². The number of carbonyl (C=O) groups excluding carboxylic acids is 2. The van der Waals surface area contributed by atoms with Crippen molar-refractivity contribution in [2.45, 2.75) is 20.0 Å². The van der Waals surface area contributed by atoms with E-state index in [0.29, 0.717) is 18.9 Å². The first-order chi connectivity index (χ1) is 14.4. The number of furan rings is 1. The molecule has 0 atom stereocenters. The highest BCUT2D eigenvalue weighted by Gasteiger charge is 2.18. The number of aromatic nitrogens is 1. The molecule has 0 fully saturated rings. The van der Waals surface area contributed by atoms with Crippen molar-refractivity contribution in [2.75, 3.05) is 26.0 Å². The molecule has 1 aliphatic rings. The van der Waals surface area contributed by atoms with Crippen LogP contribution in [0.3, 0.4) is 0 Å². The van der Waals surface area contributed by atoms with Crippen LogP contribution >= 0.6 is 0 Å². The number of likely N-dealkylation sites (N-methyl/N-ethyl adjacent to an activating group) is 2. The Morgan fingerprint density at radius 3 is 2.97 bits per heavy atom. The number of hydrogen-bond donors (Lipinski definition) is 1. The van der Waals surface area contributed by atoms with E-state index in [0.717, 1.165) is 33.4 Å². The van der Waals surface area contributed by atoms with Crippen LogP contribution in [0.2, 0.25) is 0 Å². The lowest BCUT2D eigenvalue weighted by Gasteiger charge is -2.14. The third kappa shape index (κ3) is 3.91. The molecule has 0 saturated heterocycles. The second-order valence-electron chi connectivity index (χ2n) is 7.55. The molecule has 1 N–H and O–H groups in total. The molecular weight excluding hydrogens is 380 g/mol. The summed E-state index contributed by atoms with van der Waals surface area (Å²) >= 11 is 0. The summed E-state index contributed by atoms with van der Waals surface area (Å²) in [5.74, 6) is 1.37. The van der Waals surface area contributed by atoms with Crippen LogP contribution in [-0.4, -0.2) is 47.2 Å². The highest BCUT2D eigenvalue weighted by atomic mass is 16.3. The summed E-state index contributed by atoms with van der Waals surface area (Å²) in [7, 11) is 3.51. The zero-order valence-electron chi connectivity index (χ0n) is 17.3. The summed E-state index contributed by atoms with van der Waals surface area (Å²) in [5, 5.41) is 4.11. The summed E-state index contributed by atoms with van der Waals surface area (Å²) in [6.45, 7) is 3.11. The van der Waals surface area contributed by atoms with Crippen molar-refractivity contribution < 1.29 is 14.0 Å². The number of amides is 2. The van der Waals surface area contributed by atoms with Gasteiger partial charge in [-0.3, -0.25) is 9.59 Å². The Hall–Kier alpha value is -3.61. The number of hydrogen-bond acceptors (Lipinski definition) is 5. The minimum absolute atomic E-state index is 0.0165. The first kappa shape index (κ1) is 19.7. The molecule has 3 aromatic rings. The van der Waals surface area contributed by atoms with Gasteiger partial charge in [0.25, 0.3) is 0 Å². The molecule has 1 aromatic carbocycles. The fourth-order valence-electron chi connectivity index (χ4n) is 3.50. The molecule has 0 saturated carbocycles. The molecule has 2 amide bonds. The average molecular weight is 404 g/mol. The van der Waals surface area contributed by atoms with Crippen LogP contribution in [-0.2, 0) is 22.7 Å². The molecule has 0 radical (unpaired) electrons. The number of aryl methyl sites for hydroxylation is 1. The van der Waals surface area contributed by atoms with Gasteiger partial charge in [0, 0.05) is 49.4 Å². The Morgan fingerprint density at radius 2 is 2.17 bits per heavy atom. The lowest BCUT2D eigenvalue weighted by atomic mass is 10.1. The molecular formula is C23H24N4O3. The number of fused-ring (bicyclic) bond motifs is 2. The van der Waals surface area contributed by atoms with Gasteiger partial charge in [0.05, 0.1) is 13.1 Å². The Bertz CT molecular complexity index is 1150. The van der Waals surface area contributed by atoms with Gasteiger partial charge in [0.15, 0.2) is 0 Å². The van der Waals surface area contributed by atoms with Crippen molar-refractivity contribution in [1.82, 2.24) is 14.8 Å². The lowest BCUT2D eigenvalue weighted by Crippen LogP contribution is -2.28. The van der Waals surface area contributed by atoms with Crippen LogP contribution in [0.15, 0.2) is 47.0 Å². The number of anilines is 1. The molecule has 3 heterocycles. The third-order valence-corrected chi connectivity index (χ3v) is 5.35. The van der Waals surface area contributed by atoms with E-state index in [-0.39, 0.29) is 18.4 Å². The summed E-state index contributed by atoms with van der Waals surface area (Å²) in [5.41, 5.74) is 3.61. The van der Waals surface area contributed by atoms with E-state index >= 15 is 0 Å². The molecule has 30 heavy (non-hydrogen) atoms. The number of benzene rings is 1. The number of nitrogens with one attached hydrogen (secondary N) is 1. The van der Waals surface area contributed by atoms with Gasteiger partial charge in [0.2, 0.25) is 11.8 Å².